The third-order valence-corrected chi connectivity index (χ3v) is 3.08. The summed E-state index contributed by atoms with van der Waals surface area (Å²) < 4.78 is 4.59. The van der Waals surface area contributed by atoms with Crippen molar-refractivity contribution in [3.8, 4) is 0 Å². The standard InChI is InChI=1S/C10H20BrNO2/c1-7(2)8(3)5-12-6-9(11)10(13)14-4/h7-9,12H,5-6H2,1-4H3. The Morgan fingerprint density at radius 2 is 1.93 bits per heavy atom. The van der Waals surface area contributed by atoms with Crippen molar-refractivity contribution in [2.24, 2.45) is 11.8 Å². The first-order valence-corrected chi connectivity index (χ1v) is 5.83. The average molecular weight is 266 g/mol. The van der Waals surface area contributed by atoms with Gasteiger partial charge in [0, 0.05) is 6.54 Å². The Labute approximate surface area is 94.7 Å². The van der Waals surface area contributed by atoms with Gasteiger partial charge in [-0.2, -0.15) is 0 Å². The molecule has 0 rings (SSSR count). The van der Waals surface area contributed by atoms with Crippen LogP contribution >= 0.6 is 15.9 Å². The van der Waals surface area contributed by atoms with Crippen LogP contribution < -0.4 is 5.32 Å². The molecule has 0 heterocycles. The highest BCUT2D eigenvalue weighted by Gasteiger charge is 2.15. The van der Waals surface area contributed by atoms with Crippen molar-refractivity contribution in [1.29, 1.82) is 0 Å². The van der Waals surface area contributed by atoms with E-state index in [1.807, 2.05) is 0 Å². The molecule has 0 aromatic heterocycles. The number of hydrogen-bond donors (Lipinski definition) is 1. The van der Waals surface area contributed by atoms with E-state index in [9.17, 15) is 4.79 Å². The Balaban J connectivity index is 3.58. The second-order valence-electron chi connectivity index (χ2n) is 3.87. The second-order valence-corrected chi connectivity index (χ2v) is 4.98. The van der Waals surface area contributed by atoms with Crippen molar-refractivity contribution in [1.82, 2.24) is 5.32 Å². The SMILES string of the molecule is COC(=O)C(Br)CNCC(C)C(C)C. The fraction of sp³-hybridized carbons (Fsp3) is 0.900. The summed E-state index contributed by atoms with van der Waals surface area (Å²) in [5.74, 6) is 1.05. The largest absolute Gasteiger partial charge is 0.468 e. The molecule has 1 N–H and O–H groups in total. The summed E-state index contributed by atoms with van der Waals surface area (Å²) >= 11 is 3.25. The van der Waals surface area contributed by atoms with E-state index in [1.54, 1.807) is 0 Å². The maximum Gasteiger partial charge on any atom is 0.320 e. The van der Waals surface area contributed by atoms with Gasteiger partial charge in [-0.1, -0.05) is 36.7 Å². The fourth-order valence-corrected chi connectivity index (χ4v) is 1.30. The molecule has 3 nitrogen and oxygen atoms in total. The van der Waals surface area contributed by atoms with Gasteiger partial charge in [0.2, 0.25) is 0 Å². The van der Waals surface area contributed by atoms with E-state index in [4.69, 9.17) is 0 Å². The molecule has 0 aromatic carbocycles. The highest BCUT2D eigenvalue weighted by atomic mass is 79.9. The highest BCUT2D eigenvalue weighted by molar-refractivity contribution is 9.10. The molecule has 0 radical (unpaired) electrons. The molecule has 14 heavy (non-hydrogen) atoms. The minimum atomic E-state index is -0.244. The lowest BCUT2D eigenvalue weighted by Crippen LogP contribution is -2.33. The van der Waals surface area contributed by atoms with E-state index in [0.29, 0.717) is 18.4 Å². The van der Waals surface area contributed by atoms with Gasteiger partial charge in [0.15, 0.2) is 0 Å². The molecule has 0 saturated heterocycles. The monoisotopic (exact) mass is 265 g/mol. The van der Waals surface area contributed by atoms with Crippen LogP contribution in [0.3, 0.4) is 0 Å². The first-order valence-electron chi connectivity index (χ1n) is 4.91. The van der Waals surface area contributed by atoms with Crippen molar-refractivity contribution in [3.05, 3.63) is 0 Å². The van der Waals surface area contributed by atoms with E-state index >= 15 is 0 Å². The molecule has 0 fully saturated rings. The maximum atomic E-state index is 11.0. The Kier molecular flexibility index (Phi) is 7.19. The van der Waals surface area contributed by atoms with Crippen LogP contribution in [-0.4, -0.2) is 31.0 Å². The van der Waals surface area contributed by atoms with Gasteiger partial charge < -0.3 is 10.1 Å². The number of esters is 1. The minimum Gasteiger partial charge on any atom is -0.468 e. The first-order chi connectivity index (χ1) is 6.49. The normalized spacial score (nSPS) is 15.3. The Hall–Kier alpha value is -0.0900. The molecule has 4 heteroatoms. The van der Waals surface area contributed by atoms with E-state index in [0.717, 1.165) is 6.54 Å². The summed E-state index contributed by atoms with van der Waals surface area (Å²) in [6, 6.07) is 0. The topological polar surface area (TPSA) is 38.3 Å². The number of rotatable bonds is 6. The molecule has 0 aromatic rings. The minimum absolute atomic E-state index is 0.227. The highest BCUT2D eigenvalue weighted by Crippen LogP contribution is 2.08. The van der Waals surface area contributed by atoms with Gasteiger partial charge in [-0.05, 0) is 18.4 Å². The van der Waals surface area contributed by atoms with Gasteiger partial charge in [-0.15, -0.1) is 0 Å². The van der Waals surface area contributed by atoms with E-state index in [1.165, 1.54) is 7.11 Å². The van der Waals surface area contributed by atoms with E-state index in [2.05, 4.69) is 46.8 Å². The van der Waals surface area contributed by atoms with E-state index < -0.39 is 0 Å². The maximum absolute atomic E-state index is 11.0. The predicted octanol–water partition coefficient (Wildman–Crippen LogP) is 1.80. The van der Waals surface area contributed by atoms with E-state index in [-0.39, 0.29) is 10.8 Å². The first kappa shape index (κ1) is 13.9. The predicted molar refractivity (Wildman–Crippen MR) is 61.6 cm³/mol. The number of carbonyl (C=O) groups is 1. The van der Waals surface area contributed by atoms with Crippen LogP contribution in [0, 0.1) is 11.8 Å². The summed E-state index contributed by atoms with van der Waals surface area (Å²) in [5, 5.41) is 3.23. The number of hydrogen-bond acceptors (Lipinski definition) is 3. The fourth-order valence-electron chi connectivity index (χ4n) is 0.885. The van der Waals surface area contributed by atoms with Crippen molar-refractivity contribution >= 4 is 21.9 Å². The van der Waals surface area contributed by atoms with Crippen molar-refractivity contribution < 1.29 is 9.53 Å². The number of halogens is 1. The van der Waals surface area contributed by atoms with Crippen LogP contribution in [0.25, 0.3) is 0 Å². The number of nitrogens with one attached hydrogen (secondary N) is 1. The van der Waals surface area contributed by atoms with Crippen LogP contribution in [0.15, 0.2) is 0 Å². The lowest BCUT2D eigenvalue weighted by molar-refractivity contribution is -0.139. The van der Waals surface area contributed by atoms with Gasteiger partial charge in [0.05, 0.1) is 7.11 Å². The smallest absolute Gasteiger partial charge is 0.320 e. The van der Waals surface area contributed by atoms with Crippen molar-refractivity contribution in [2.45, 2.75) is 25.6 Å². The van der Waals surface area contributed by atoms with Crippen molar-refractivity contribution in [3.63, 3.8) is 0 Å². The molecule has 0 aliphatic heterocycles. The molecule has 2 unspecified atom stereocenters. The van der Waals surface area contributed by atoms with Crippen LogP contribution in [0.1, 0.15) is 20.8 Å². The zero-order valence-electron chi connectivity index (χ0n) is 9.34. The molecular formula is C10H20BrNO2. The molecule has 0 aliphatic rings. The summed E-state index contributed by atoms with van der Waals surface area (Å²) in [6.45, 7) is 8.12. The number of carbonyl (C=O) groups excluding carboxylic acids is 1. The van der Waals surface area contributed by atoms with Crippen LogP contribution in [0.4, 0.5) is 0 Å². The molecule has 0 aliphatic carbocycles. The Morgan fingerprint density at radius 1 is 1.36 bits per heavy atom. The summed E-state index contributed by atoms with van der Waals surface area (Å²) in [4.78, 5) is 10.8. The second kappa shape index (κ2) is 7.23. The van der Waals surface area contributed by atoms with Gasteiger partial charge in [0.1, 0.15) is 4.83 Å². The quantitative estimate of drug-likeness (QED) is 0.588. The molecule has 2 atom stereocenters. The zero-order valence-corrected chi connectivity index (χ0v) is 10.9. The lowest BCUT2D eigenvalue weighted by atomic mass is 9.98. The molecule has 0 amide bonds. The third-order valence-electron chi connectivity index (χ3n) is 2.38. The molecule has 0 saturated carbocycles. The summed E-state index contributed by atoms with van der Waals surface area (Å²) in [6.07, 6.45) is 0. The summed E-state index contributed by atoms with van der Waals surface area (Å²) in [7, 11) is 1.40. The molecule has 0 bridgehead atoms. The Bertz CT molecular complexity index is 174. The Morgan fingerprint density at radius 3 is 2.36 bits per heavy atom. The van der Waals surface area contributed by atoms with Gasteiger partial charge in [-0.25, -0.2) is 0 Å². The van der Waals surface area contributed by atoms with Crippen LogP contribution in [-0.2, 0) is 9.53 Å². The van der Waals surface area contributed by atoms with Crippen LogP contribution in [0.2, 0.25) is 0 Å². The summed E-state index contributed by atoms with van der Waals surface area (Å²) in [5.41, 5.74) is 0. The molecule has 0 spiro atoms. The van der Waals surface area contributed by atoms with Gasteiger partial charge in [-0.3, -0.25) is 4.79 Å². The zero-order chi connectivity index (χ0) is 11.1. The number of ether oxygens (including phenoxy) is 1. The van der Waals surface area contributed by atoms with Crippen molar-refractivity contribution in [2.75, 3.05) is 20.2 Å². The lowest BCUT2D eigenvalue weighted by Gasteiger charge is -2.17. The number of methoxy groups -OCH3 is 1. The average Bonchev–Trinajstić information content (AvgIpc) is 2.15. The van der Waals surface area contributed by atoms with Gasteiger partial charge in [0.25, 0.3) is 0 Å². The van der Waals surface area contributed by atoms with Gasteiger partial charge >= 0.3 is 5.97 Å². The molecular weight excluding hydrogens is 246 g/mol. The molecule has 84 valence electrons. The van der Waals surface area contributed by atoms with Crippen LogP contribution in [0.5, 0.6) is 0 Å². The third kappa shape index (κ3) is 5.60. The number of alkyl halides is 1.